The Bertz CT molecular complexity index is 898. The van der Waals surface area contributed by atoms with Gasteiger partial charge in [-0.15, -0.1) is 0 Å². The van der Waals surface area contributed by atoms with E-state index in [0.717, 1.165) is 14.9 Å². The number of amides is 2. The molecule has 2 aromatic rings. The molecule has 0 saturated carbocycles. The summed E-state index contributed by atoms with van der Waals surface area (Å²) in [5.74, 6) is 0.251. The summed E-state index contributed by atoms with van der Waals surface area (Å²) in [5.41, 5.74) is 1.85. The molecule has 1 heterocycles. The summed E-state index contributed by atoms with van der Waals surface area (Å²) in [6.45, 7) is 2.11. The standard InChI is InChI=1S/C21H21IN2O4/c1-14-18(20(25)28-13-12-27-15-8-4-3-5-9-15)19(23-21(26)24(14)2)16-10-6-7-11-17(16)22/h3-11,19H,12-13H2,1-2H3,(H,23,26)/t19-/m0/s1. The van der Waals surface area contributed by atoms with E-state index in [1.165, 1.54) is 4.90 Å². The first kappa shape index (κ1) is 20.2. The highest BCUT2D eigenvalue weighted by atomic mass is 127. The minimum atomic E-state index is -0.556. The lowest BCUT2D eigenvalue weighted by Gasteiger charge is -2.33. The number of benzene rings is 2. The lowest BCUT2D eigenvalue weighted by Crippen LogP contribution is -2.46. The predicted molar refractivity (Wildman–Crippen MR) is 114 cm³/mol. The smallest absolute Gasteiger partial charge is 0.338 e. The van der Waals surface area contributed by atoms with Crippen molar-refractivity contribution in [3.8, 4) is 5.75 Å². The maximum atomic E-state index is 12.9. The van der Waals surface area contributed by atoms with Crippen LogP contribution in [0.25, 0.3) is 0 Å². The van der Waals surface area contributed by atoms with Gasteiger partial charge in [0.25, 0.3) is 0 Å². The Morgan fingerprint density at radius 1 is 1.11 bits per heavy atom. The topological polar surface area (TPSA) is 67.9 Å². The van der Waals surface area contributed by atoms with Gasteiger partial charge in [-0.25, -0.2) is 9.59 Å². The zero-order chi connectivity index (χ0) is 20.1. The second-order valence-corrected chi connectivity index (χ2v) is 7.42. The van der Waals surface area contributed by atoms with Crippen molar-refractivity contribution in [3.63, 3.8) is 0 Å². The fourth-order valence-electron chi connectivity index (χ4n) is 2.93. The van der Waals surface area contributed by atoms with Crippen molar-refractivity contribution in [1.29, 1.82) is 0 Å². The minimum absolute atomic E-state index is 0.112. The van der Waals surface area contributed by atoms with Crippen LogP contribution in [-0.2, 0) is 9.53 Å². The van der Waals surface area contributed by atoms with Gasteiger partial charge < -0.3 is 19.7 Å². The predicted octanol–water partition coefficient (Wildman–Crippen LogP) is 3.88. The van der Waals surface area contributed by atoms with Crippen LogP contribution in [0.2, 0.25) is 0 Å². The number of carbonyl (C=O) groups excluding carboxylic acids is 2. The number of nitrogens with zero attached hydrogens (tertiary/aromatic N) is 1. The number of hydrogen-bond acceptors (Lipinski definition) is 4. The third-order valence-corrected chi connectivity index (χ3v) is 5.50. The van der Waals surface area contributed by atoms with Gasteiger partial charge in [0, 0.05) is 16.3 Å². The SMILES string of the molecule is CC1=C(C(=O)OCCOc2ccccc2)[C@H](c2ccccc2I)NC(=O)N1C. The average Bonchev–Trinajstić information content (AvgIpc) is 2.70. The number of para-hydroxylation sites is 1. The van der Waals surface area contributed by atoms with Crippen molar-refractivity contribution in [3.05, 3.63) is 75.0 Å². The fourth-order valence-corrected chi connectivity index (χ4v) is 3.63. The molecular weight excluding hydrogens is 471 g/mol. The zero-order valence-corrected chi connectivity index (χ0v) is 17.8. The Morgan fingerprint density at radius 2 is 1.79 bits per heavy atom. The molecule has 146 valence electrons. The molecule has 1 aliphatic heterocycles. The molecule has 0 aromatic heterocycles. The van der Waals surface area contributed by atoms with Crippen molar-refractivity contribution in [2.24, 2.45) is 0 Å². The van der Waals surface area contributed by atoms with Gasteiger partial charge in [-0.3, -0.25) is 0 Å². The van der Waals surface area contributed by atoms with E-state index >= 15 is 0 Å². The summed E-state index contributed by atoms with van der Waals surface area (Å²) in [7, 11) is 1.63. The molecule has 0 bridgehead atoms. The lowest BCUT2D eigenvalue weighted by atomic mass is 9.95. The van der Waals surface area contributed by atoms with E-state index in [1.807, 2.05) is 54.6 Å². The molecule has 0 unspecified atom stereocenters. The molecule has 2 aromatic carbocycles. The summed E-state index contributed by atoms with van der Waals surface area (Å²) >= 11 is 2.20. The lowest BCUT2D eigenvalue weighted by molar-refractivity contribution is -0.140. The number of halogens is 1. The number of ether oxygens (including phenoxy) is 2. The molecule has 0 fully saturated rings. The van der Waals surface area contributed by atoms with Crippen LogP contribution in [0.3, 0.4) is 0 Å². The maximum Gasteiger partial charge on any atom is 0.338 e. The van der Waals surface area contributed by atoms with E-state index < -0.39 is 12.0 Å². The Kier molecular flexibility index (Phi) is 6.56. The molecule has 1 aliphatic rings. The Hall–Kier alpha value is -2.55. The van der Waals surface area contributed by atoms with Gasteiger partial charge in [-0.1, -0.05) is 36.4 Å². The summed E-state index contributed by atoms with van der Waals surface area (Å²) in [6.07, 6.45) is 0. The van der Waals surface area contributed by atoms with Crippen molar-refractivity contribution in [2.75, 3.05) is 20.3 Å². The summed E-state index contributed by atoms with van der Waals surface area (Å²) < 4.78 is 12.0. The van der Waals surface area contributed by atoms with Crippen LogP contribution < -0.4 is 10.1 Å². The Balaban J connectivity index is 1.74. The zero-order valence-electron chi connectivity index (χ0n) is 15.6. The van der Waals surface area contributed by atoms with Crippen molar-refractivity contribution in [1.82, 2.24) is 10.2 Å². The molecule has 3 rings (SSSR count). The number of carbonyl (C=O) groups is 2. The quantitative estimate of drug-likeness (QED) is 0.378. The number of nitrogens with one attached hydrogen (secondary N) is 1. The first-order valence-corrected chi connectivity index (χ1v) is 9.91. The second-order valence-electron chi connectivity index (χ2n) is 6.26. The maximum absolute atomic E-state index is 12.9. The van der Waals surface area contributed by atoms with Crippen LogP contribution in [-0.4, -0.2) is 37.2 Å². The second kappa shape index (κ2) is 9.09. The summed E-state index contributed by atoms with van der Waals surface area (Å²) in [4.78, 5) is 26.6. The molecule has 6 nitrogen and oxygen atoms in total. The van der Waals surface area contributed by atoms with Crippen molar-refractivity contribution >= 4 is 34.6 Å². The highest BCUT2D eigenvalue weighted by molar-refractivity contribution is 14.1. The van der Waals surface area contributed by atoms with Gasteiger partial charge in [0.15, 0.2) is 0 Å². The van der Waals surface area contributed by atoms with Crippen LogP contribution in [0.15, 0.2) is 65.9 Å². The van der Waals surface area contributed by atoms with Gasteiger partial charge in [0.05, 0.1) is 11.6 Å². The highest BCUT2D eigenvalue weighted by Gasteiger charge is 2.35. The molecule has 0 saturated heterocycles. The average molecular weight is 492 g/mol. The summed E-state index contributed by atoms with van der Waals surface area (Å²) in [6, 6.07) is 16.2. The minimum Gasteiger partial charge on any atom is -0.490 e. The molecular formula is C21H21IN2O4. The Labute approximate surface area is 177 Å². The molecule has 1 atom stereocenters. The number of esters is 1. The first-order valence-electron chi connectivity index (χ1n) is 8.83. The summed E-state index contributed by atoms with van der Waals surface area (Å²) in [5, 5.41) is 2.89. The van der Waals surface area contributed by atoms with Gasteiger partial charge in [0.1, 0.15) is 19.0 Å². The molecule has 2 amide bonds. The molecule has 28 heavy (non-hydrogen) atoms. The van der Waals surface area contributed by atoms with Gasteiger partial charge in [0.2, 0.25) is 0 Å². The molecule has 1 N–H and O–H groups in total. The molecule has 0 spiro atoms. The van der Waals surface area contributed by atoms with Crippen LogP contribution in [0.4, 0.5) is 4.79 Å². The van der Waals surface area contributed by atoms with E-state index in [9.17, 15) is 9.59 Å². The van der Waals surface area contributed by atoms with Crippen molar-refractivity contribution in [2.45, 2.75) is 13.0 Å². The van der Waals surface area contributed by atoms with Gasteiger partial charge in [-0.05, 0) is 53.3 Å². The van der Waals surface area contributed by atoms with E-state index in [1.54, 1.807) is 14.0 Å². The van der Waals surface area contributed by atoms with Crippen LogP contribution in [0.1, 0.15) is 18.5 Å². The van der Waals surface area contributed by atoms with E-state index in [4.69, 9.17) is 9.47 Å². The normalized spacial score (nSPS) is 16.6. The van der Waals surface area contributed by atoms with E-state index in [-0.39, 0.29) is 19.2 Å². The fraction of sp³-hybridized carbons (Fsp3) is 0.238. The van der Waals surface area contributed by atoms with Gasteiger partial charge >= 0.3 is 12.0 Å². The highest BCUT2D eigenvalue weighted by Crippen LogP contribution is 2.32. The number of urea groups is 1. The Morgan fingerprint density at radius 3 is 2.50 bits per heavy atom. The van der Waals surface area contributed by atoms with Crippen LogP contribution >= 0.6 is 22.6 Å². The van der Waals surface area contributed by atoms with Crippen LogP contribution in [0, 0.1) is 3.57 Å². The number of allylic oxidation sites excluding steroid dienone is 1. The van der Waals surface area contributed by atoms with E-state index in [2.05, 4.69) is 27.9 Å². The molecule has 0 aliphatic carbocycles. The van der Waals surface area contributed by atoms with Gasteiger partial charge in [-0.2, -0.15) is 0 Å². The largest absolute Gasteiger partial charge is 0.490 e. The monoisotopic (exact) mass is 492 g/mol. The van der Waals surface area contributed by atoms with Crippen LogP contribution in [0.5, 0.6) is 5.75 Å². The molecule has 0 radical (unpaired) electrons. The first-order chi connectivity index (χ1) is 13.5. The third kappa shape index (κ3) is 4.46. The third-order valence-electron chi connectivity index (χ3n) is 4.52. The number of hydrogen-bond donors (Lipinski definition) is 1. The van der Waals surface area contributed by atoms with E-state index in [0.29, 0.717) is 11.3 Å². The molecule has 7 heteroatoms. The van der Waals surface area contributed by atoms with Crippen molar-refractivity contribution < 1.29 is 19.1 Å². The number of rotatable bonds is 6.